The Morgan fingerprint density at radius 3 is 2.44 bits per heavy atom. The Hall–Kier alpha value is -3.36. The van der Waals surface area contributed by atoms with Gasteiger partial charge in [-0.15, -0.1) is 5.10 Å². The molecule has 2 aromatic rings. The van der Waals surface area contributed by atoms with Crippen molar-refractivity contribution in [2.75, 3.05) is 0 Å². The second-order valence-electron chi connectivity index (χ2n) is 5.60. The van der Waals surface area contributed by atoms with Crippen LogP contribution in [0.2, 0.25) is 0 Å². The van der Waals surface area contributed by atoms with Crippen molar-refractivity contribution in [1.29, 1.82) is 0 Å². The number of aromatic amines is 1. The fourth-order valence-electron chi connectivity index (χ4n) is 1.99. The number of hydroxylamine groups is 1. The number of carbonyl (C=O) groups excluding carboxylic acids is 2. The van der Waals surface area contributed by atoms with Gasteiger partial charge < -0.3 is 10.4 Å². The molecule has 0 saturated heterocycles. The van der Waals surface area contributed by atoms with E-state index in [0.29, 0.717) is 18.2 Å². The van der Waals surface area contributed by atoms with Crippen molar-refractivity contribution >= 4 is 11.8 Å². The number of halogens is 2. The van der Waals surface area contributed by atoms with Crippen molar-refractivity contribution in [3.8, 4) is 11.8 Å². The van der Waals surface area contributed by atoms with Crippen LogP contribution in [0.3, 0.4) is 0 Å². The molecule has 0 aliphatic heterocycles. The van der Waals surface area contributed by atoms with E-state index in [0.717, 1.165) is 5.48 Å². The average Bonchev–Trinajstić information content (AvgIpc) is 3.17. The smallest absolute Gasteiger partial charge is 0.269 e. The highest BCUT2D eigenvalue weighted by atomic mass is 19.3. The first kappa shape index (κ1) is 20.0. The van der Waals surface area contributed by atoms with Gasteiger partial charge >= 0.3 is 0 Å². The summed E-state index contributed by atoms with van der Waals surface area (Å²) < 4.78 is 26.0. The molecule has 1 unspecified atom stereocenters. The first-order chi connectivity index (χ1) is 12.8. The number of hydrogen-bond donors (Lipinski definition) is 5. The van der Waals surface area contributed by atoms with Crippen molar-refractivity contribution < 1.29 is 28.7 Å². The topological polar surface area (TPSA) is 140 Å². The Balaban J connectivity index is 2.15. The van der Waals surface area contributed by atoms with Crippen molar-refractivity contribution in [2.45, 2.75) is 25.0 Å². The number of alkyl halides is 2. The summed E-state index contributed by atoms with van der Waals surface area (Å²) in [5.41, 5.74) is -0.763. The summed E-state index contributed by atoms with van der Waals surface area (Å²) in [5.74, 6) is 3.22. The third kappa shape index (κ3) is 4.84. The predicted molar refractivity (Wildman–Crippen MR) is 86.6 cm³/mol. The van der Waals surface area contributed by atoms with Gasteiger partial charge in [0.2, 0.25) is 0 Å². The van der Waals surface area contributed by atoms with Gasteiger partial charge in [0.05, 0.1) is 6.20 Å². The normalized spacial score (nSPS) is 13.9. The number of amides is 2. The molecule has 0 bridgehead atoms. The van der Waals surface area contributed by atoms with Crippen LogP contribution in [0.1, 0.15) is 28.5 Å². The molecular weight excluding hydrogens is 364 g/mol. The van der Waals surface area contributed by atoms with Gasteiger partial charge in [-0.25, -0.2) is 14.3 Å². The number of nitrogens with one attached hydrogen (secondary N) is 3. The molecule has 0 spiro atoms. The third-order valence-corrected chi connectivity index (χ3v) is 3.57. The molecule has 2 atom stereocenters. The third-order valence-electron chi connectivity index (χ3n) is 3.57. The summed E-state index contributed by atoms with van der Waals surface area (Å²) in [5, 5.41) is 30.1. The maximum Gasteiger partial charge on any atom is 0.269 e. The molecule has 5 N–H and O–H groups in total. The number of hydrogen-bond acceptors (Lipinski definition) is 6. The number of benzene rings is 1. The molecule has 0 aliphatic rings. The highest BCUT2D eigenvalue weighted by Crippen LogP contribution is 2.20. The van der Waals surface area contributed by atoms with Crippen molar-refractivity contribution in [1.82, 2.24) is 26.2 Å². The van der Waals surface area contributed by atoms with Crippen LogP contribution in [-0.2, 0) is 4.79 Å². The van der Waals surface area contributed by atoms with E-state index in [4.69, 9.17) is 5.21 Å². The van der Waals surface area contributed by atoms with Gasteiger partial charge in [-0.1, -0.05) is 11.1 Å². The summed E-state index contributed by atoms with van der Waals surface area (Å²) in [6.45, 7) is 0.667. The largest absolute Gasteiger partial charge is 0.381 e. The minimum atomic E-state index is -3.35. The standard InChI is InChI=1S/C16H15F2N5O4/c1-16(26,15(17)18)12(14(25)22-27)20-13(24)10-5-2-9(3-6-10)4-7-11-8-19-23-21-11/h2-3,5-6,8,12,15,26-27H,1H3,(H,20,24)(H,22,25)(H,19,21,23)/t12-,16?/m1/s1. The first-order valence-electron chi connectivity index (χ1n) is 7.49. The molecule has 0 aliphatic carbocycles. The van der Waals surface area contributed by atoms with Crippen LogP contribution in [0.5, 0.6) is 0 Å². The van der Waals surface area contributed by atoms with Crippen molar-refractivity contribution in [3.05, 3.63) is 47.3 Å². The molecule has 1 heterocycles. The van der Waals surface area contributed by atoms with E-state index < -0.39 is 29.9 Å². The Bertz CT molecular complexity index is 857. The maximum absolute atomic E-state index is 13.0. The van der Waals surface area contributed by atoms with Crippen molar-refractivity contribution in [2.24, 2.45) is 0 Å². The lowest BCUT2D eigenvalue weighted by Crippen LogP contribution is -2.61. The zero-order valence-electron chi connectivity index (χ0n) is 13.9. The summed E-state index contributed by atoms with van der Waals surface area (Å²) in [4.78, 5) is 23.8. The number of rotatable bonds is 5. The minimum absolute atomic E-state index is 0.0304. The molecule has 27 heavy (non-hydrogen) atoms. The van der Waals surface area contributed by atoms with Gasteiger partial charge in [0.25, 0.3) is 18.2 Å². The molecule has 1 aromatic heterocycles. The predicted octanol–water partition coefficient (Wildman–Crippen LogP) is -0.176. The average molecular weight is 379 g/mol. The fourth-order valence-corrected chi connectivity index (χ4v) is 1.99. The van der Waals surface area contributed by atoms with Crippen LogP contribution in [0.25, 0.3) is 0 Å². The van der Waals surface area contributed by atoms with Crippen LogP contribution < -0.4 is 10.8 Å². The molecule has 0 radical (unpaired) electrons. The van der Waals surface area contributed by atoms with Gasteiger partial charge in [-0.05, 0) is 37.1 Å². The minimum Gasteiger partial charge on any atom is -0.381 e. The first-order valence-corrected chi connectivity index (χ1v) is 7.49. The molecule has 11 heteroatoms. The van der Waals surface area contributed by atoms with Crippen LogP contribution in [0, 0.1) is 11.8 Å². The van der Waals surface area contributed by atoms with Crippen LogP contribution in [-0.4, -0.2) is 55.6 Å². The number of nitrogens with zero attached hydrogens (tertiary/aromatic N) is 2. The number of carbonyl (C=O) groups is 2. The lowest BCUT2D eigenvalue weighted by Gasteiger charge is -2.30. The van der Waals surface area contributed by atoms with Gasteiger partial charge in [0.15, 0.2) is 11.3 Å². The molecule has 2 amide bonds. The monoisotopic (exact) mass is 379 g/mol. The number of H-pyrrole nitrogens is 1. The second-order valence-corrected chi connectivity index (χ2v) is 5.60. The van der Waals surface area contributed by atoms with Gasteiger partial charge in [-0.3, -0.25) is 19.9 Å². The summed E-state index contributed by atoms with van der Waals surface area (Å²) in [7, 11) is 0. The molecule has 0 fully saturated rings. The molecule has 142 valence electrons. The lowest BCUT2D eigenvalue weighted by atomic mass is 9.95. The van der Waals surface area contributed by atoms with Gasteiger partial charge in [0, 0.05) is 11.1 Å². The fraction of sp³-hybridized carbons (Fsp3) is 0.250. The number of aromatic nitrogens is 3. The Kier molecular flexibility index (Phi) is 6.17. The van der Waals surface area contributed by atoms with E-state index in [1.54, 1.807) is 0 Å². The van der Waals surface area contributed by atoms with E-state index in [1.807, 2.05) is 5.32 Å². The Morgan fingerprint density at radius 1 is 1.26 bits per heavy atom. The second kappa shape index (κ2) is 8.35. The molecule has 1 aromatic carbocycles. The van der Waals surface area contributed by atoms with Crippen LogP contribution in [0.4, 0.5) is 8.78 Å². The summed E-state index contributed by atoms with van der Waals surface area (Å²) >= 11 is 0. The Morgan fingerprint density at radius 2 is 1.93 bits per heavy atom. The lowest BCUT2D eigenvalue weighted by molar-refractivity contribution is -0.149. The SMILES string of the molecule is CC(O)(C(F)F)[C@H](NC(=O)c1ccc(C#Cc2c[nH]nn2)cc1)C(=O)NO. The van der Waals surface area contributed by atoms with Gasteiger partial charge in [0.1, 0.15) is 6.04 Å². The van der Waals surface area contributed by atoms with Gasteiger partial charge in [-0.2, -0.15) is 0 Å². The molecule has 0 saturated carbocycles. The Labute approximate surface area is 151 Å². The molecular formula is C16H15F2N5O4. The zero-order valence-corrected chi connectivity index (χ0v) is 13.9. The van der Waals surface area contributed by atoms with E-state index in [1.165, 1.54) is 30.5 Å². The summed E-state index contributed by atoms with van der Waals surface area (Å²) in [6, 6.07) is 3.62. The quantitative estimate of drug-likeness (QED) is 0.277. The zero-order chi connectivity index (χ0) is 20.0. The van der Waals surface area contributed by atoms with E-state index in [9.17, 15) is 23.5 Å². The molecule has 9 nitrogen and oxygen atoms in total. The molecule has 2 rings (SSSR count). The summed E-state index contributed by atoms with van der Waals surface area (Å²) in [6.07, 6.45) is -1.86. The van der Waals surface area contributed by atoms with E-state index in [-0.39, 0.29) is 5.56 Å². The van der Waals surface area contributed by atoms with E-state index in [2.05, 4.69) is 27.3 Å². The maximum atomic E-state index is 13.0. The van der Waals surface area contributed by atoms with Crippen molar-refractivity contribution in [3.63, 3.8) is 0 Å². The van der Waals surface area contributed by atoms with E-state index >= 15 is 0 Å². The van der Waals surface area contributed by atoms with Crippen LogP contribution >= 0.6 is 0 Å². The highest BCUT2D eigenvalue weighted by molar-refractivity contribution is 5.97. The van der Waals surface area contributed by atoms with Crippen LogP contribution in [0.15, 0.2) is 30.5 Å². The highest BCUT2D eigenvalue weighted by Gasteiger charge is 2.46. The number of aliphatic hydroxyl groups is 1.